The summed E-state index contributed by atoms with van der Waals surface area (Å²) in [7, 11) is 0. The van der Waals surface area contributed by atoms with Crippen LogP contribution < -0.4 is 0 Å². The smallest absolute Gasteiger partial charge is 0.335 e. The number of pyridine rings is 1. The fraction of sp³-hybridized carbons (Fsp3) is 0. The fourth-order valence-electron chi connectivity index (χ4n) is 1.42. The van der Waals surface area contributed by atoms with Crippen LogP contribution in [0.1, 0.15) is 10.4 Å². The monoisotopic (exact) mass is 215 g/mol. The van der Waals surface area contributed by atoms with E-state index < -0.39 is 5.97 Å². The van der Waals surface area contributed by atoms with E-state index >= 15 is 0 Å². The Bertz CT molecular complexity index is 523. The number of benzene rings is 1. The van der Waals surface area contributed by atoms with Gasteiger partial charge in [-0.1, -0.05) is 6.07 Å². The van der Waals surface area contributed by atoms with Gasteiger partial charge in [0.25, 0.3) is 0 Å². The van der Waals surface area contributed by atoms with Crippen LogP contribution in [0.15, 0.2) is 42.7 Å². The Morgan fingerprint density at radius 1 is 1.25 bits per heavy atom. The first-order valence-corrected chi connectivity index (χ1v) is 4.65. The van der Waals surface area contributed by atoms with Gasteiger partial charge in [-0.05, 0) is 24.3 Å². The second-order valence-corrected chi connectivity index (χ2v) is 3.28. The molecule has 2 aromatic rings. The molecule has 4 heteroatoms. The molecule has 2 N–H and O–H groups in total. The number of phenolic OH excluding ortho intramolecular Hbond substituents is 1. The van der Waals surface area contributed by atoms with E-state index in [1.165, 1.54) is 18.2 Å². The first-order chi connectivity index (χ1) is 7.68. The summed E-state index contributed by atoms with van der Waals surface area (Å²) < 4.78 is 0. The zero-order valence-corrected chi connectivity index (χ0v) is 8.29. The van der Waals surface area contributed by atoms with E-state index in [-0.39, 0.29) is 11.3 Å². The maximum atomic E-state index is 10.8. The van der Waals surface area contributed by atoms with Gasteiger partial charge < -0.3 is 10.2 Å². The van der Waals surface area contributed by atoms with E-state index in [1.54, 1.807) is 24.5 Å². The molecule has 0 aliphatic rings. The summed E-state index contributed by atoms with van der Waals surface area (Å²) in [5, 5.41) is 18.5. The normalized spacial score (nSPS) is 10.0. The van der Waals surface area contributed by atoms with Crippen molar-refractivity contribution >= 4 is 5.97 Å². The van der Waals surface area contributed by atoms with E-state index in [1.807, 2.05) is 0 Å². The van der Waals surface area contributed by atoms with Gasteiger partial charge in [0.05, 0.1) is 5.56 Å². The number of phenols is 1. The molecule has 0 atom stereocenters. The van der Waals surface area contributed by atoms with Crippen molar-refractivity contribution in [3.8, 4) is 16.9 Å². The molecule has 80 valence electrons. The molecular weight excluding hydrogens is 206 g/mol. The Kier molecular flexibility index (Phi) is 2.55. The third kappa shape index (κ3) is 1.86. The molecular formula is C12H9NO3. The quantitative estimate of drug-likeness (QED) is 0.805. The van der Waals surface area contributed by atoms with Gasteiger partial charge in [-0.15, -0.1) is 0 Å². The number of rotatable bonds is 2. The number of hydrogen-bond acceptors (Lipinski definition) is 3. The molecule has 0 spiro atoms. The van der Waals surface area contributed by atoms with Crippen LogP contribution >= 0.6 is 0 Å². The van der Waals surface area contributed by atoms with Crippen molar-refractivity contribution in [3.63, 3.8) is 0 Å². The number of aromatic carboxylic acids is 1. The predicted octanol–water partition coefficient (Wildman–Crippen LogP) is 2.15. The molecule has 2 rings (SSSR count). The molecule has 0 radical (unpaired) electrons. The maximum Gasteiger partial charge on any atom is 0.335 e. The molecule has 4 nitrogen and oxygen atoms in total. The second kappa shape index (κ2) is 4.02. The molecule has 1 aromatic heterocycles. The summed E-state index contributed by atoms with van der Waals surface area (Å²) >= 11 is 0. The number of carboxylic acid groups (broad SMARTS) is 1. The molecule has 0 aliphatic heterocycles. The maximum absolute atomic E-state index is 10.8. The molecule has 1 aromatic carbocycles. The molecule has 0 fully saturated rings. The van der Waals surface area contributed by atoms with Crippen LogP contribution in [0.25, 0.3) is 11.1 Å². The van der Waals surface area contributed by atoms with Crippen LogP contribution in [0, 0.1) is 0 Å². The van der Waals surface area contributed by atoms with Crippen LogP contribution in [-0.4, -0.2) is 21.2 Å². The van der Waals surface area contributed by atoms with Crippen molar-refractivity contribution in [1.82, 2.24) is 4.98 Å². The average molecular weight is 215 g/mol. The number of nitrogens with zero attached hydrogens (tertiary/aromatic N) is 1. The van der Waals surface area contributed by atoms with Crippen molar-refractivity contribution in [2.75, 3.05) is 0 Å². The highest BCUT2D eigenvalue weighted by Crippen LogP contribution is 2.29. The number of aromatic nitrogens is 1. The summed E-state index contributed by atoms with van der Waals surface area (Å²) in [6.07, 6.45) is 3.18. The Morgan fingerprint density at radius 2 is 2.06 bits per heavy atom. The lowest BCUT2D eigenvalue weighted by Gasteiger charge is -2.05. The topological polar surface area (TPSA) is 70.4 Å². The Morgan fingerprint density at radius 3 is 2.69 bits per heavy atom. The second-order valence-electron chi connectivity index (χ2n) is 3.28. The zero-order chi connectivity index (χ0) is 11.5. The van der Waals surface area contributed by atoms with Gasteiger partial charge in [-0.3, -0.25) is 4.98 Å². The van der Waals surface area contributed by atoms with Crippen LogP contribution in [-0.2, 0) is 0 Å². The molecule has 0 unspecified atom stereocenters. The first-order valence-electron chi connectivity index (χ1n) is 4.65. The SMILES string of the molecule is O=C(O)c1ccc(O)c(-c2cccnc2)c1. The third-order valence-electron chi connectivity index (χ3n) is 2.22. The minimum atomic E-state index is -1.02. The summed E-state index contributed by atoms with van der Waals surface area (Å²) in [5.74, 6) is -0.983. The standard InChI is InChI=1S/C12H9NO3/c14-11-4-3-8(12(15)16)6-10(11)9-2-1-5-13-7-9/h1-7,14H,(H,15,16). The molecule has 0 amide bonds. The molecule has 0 bridgehead atoms. The summed E-state index contributed by atoms with van der Waals surface area (Å²) in [5.41, 5.74) is 1.28. The van der Waals surface area contributed by atoms with E-state index in [0.717, 1.165) is 0 Å². The van der Waals surface area contributed by atoms with E-state index in [9.17, 15) is 9.90 Å². The van der Waals surface area contributed by atoms with E-state index in [0.29, 0.717) is 11.1 Å². The highest BCUT2D eigenvalue weighted by atomic mass is 16.4. The van der Waals surface area contributed by atoms with Gasteiger partial charge in [0.15, 0.2) is 0 Å². The molecule has 0 saturated carbocycles. The Hall–Kier alpha value is -2.36. The Balaban J connectivity index is 2.56. The van der Waals surface area contributed by atoms with Crippen molar-refractivity contribution in [3.05, 3.63) is 48.3 Å². The van der Waals surface area contributed by atoms with Crippen LogP contribution in [0.3, 0.4) is 0 Å². The van der Waals surface area contributed by atoms with Gasteiger partial charge in [0, 0.05) is 23.5 Å². The van der Waals surface area contributed by atoms with Crippen molar-refractivity contribution in [1.29, 1.82) is 0 Å². The van der Waals surface area contributed by atoms with Crippen molar-refractivity contribution in [2.45, 2.75) is 0 Å². The fourth-order valence-corrected chi connectivity index (χ4v) is 1.42. The number of aromatic hydroxyl groups is 1. The lowest BCUT2D eigenvalue weighted by atomic mass is 10.0. The van der Waals surface area contributed by atoms with Crippen LogP contribution in [0.4, 0.5) is 0 Å². The van der Waals surface area contributed by atoms with Gasteiger partial charge >= 0.3 is 5.97 Å². The van der Waals surface area contributed by atoms with Crippen LogP contribution in [0.2, 0.25) is 0 Å². The lowest BCUT2D eigenvalue weighted by molar-refractivity contribution is 0.0697. The predicted molar refractivity (Wildman–Crippen MR) is 58.3 cm³/mol. The molecule has 16 heavy (non-hydrogen) atoms. The molecule has 1 heterocycles. The summed E-state index contributed by atoms with van der Waals surface area (Å²) in [4.78, 5) is 14.7. The van der Waals surface area contributed by atoms with Gasteiger partial charge in [-0.2, -0.15) is 0 Å². The number of hydrogen-bond donors (Lipinski definition) is 2. The first kappa shape index (κ1) is 10.2. The highest BCUT2D eigenvalue weighted by molar-refractivity contribution is 5.90. The minimum absolute atomic E-state index is 0.0398. The summed E-state index contributed by atoms with van der Waals surface area (Å²) in [6, 6.07) is 7.63. The van der Waals surface area contributed by atoms with Crippen LogP contribution in [0.5, 0.6) is 5.75 Å². The largest absolute Gasteiger partial charge is 0.507 e. The highest BCUT2D eigenvalue weighted by Gasteiger charge is 2.09. The number of carbonyl (C=O) groups is 1. The van der Waals surface area contributed by atoms with Crippen molar-refractivity contribution in [2.24, 2.45) is 0 Å². The van der Waals surface area contributed by atoms with Gasteiger partial charge in [0.1, 0.15) is 5.75 Å². The van der Waals surface area contributed by atoms with Crippen molar-refractivity contribution < 1.29 is 15.0 Å². The lowest BCUT2D eigenvalue weighted by Crippen LogP contribution is -1.96. The van der Waals surface area contributed by atoms with E-state index in [2.05, 4.69) is 4.98 Å². The molecule has 0 aliphatic carbocycles. The summed E-state index contributed by atoms with van der Waals surface area (Å²) in [6.45, 7) is 0. The van der Waals surface area contributed by atoms with E-state index in [4.69, 9.17) is 5.11 Å². The Labute approximate surface area is 91.8 Å². The average Bonchev–Trinajstić information content (AvgIpc) is 2.30. The van der Waals surface area contributed by atoms with Gasteiger partial charge in [0.2, 0.25) is 0 Å². The zero-order valence-electron chi connectivity index (χ0n) is 8.29. The third-order valence-corrected chi connectivity index (χ3v) is 2.22. The minimum Gasteiger partial charge on any atom is -0.507 e. The van der Waals surface area contributed by atoms with Gasteiger partial charge in [-0.25, -0.2) is 4.79 Å². The number of carboxylic acids is 1. The molecule has 0 saturated heterocycles.